The van der Waals surface area contributed by atoms with E-state index in [1.54, 1.807) is 110 Å². The summed E-state index contributed by atoms with van der Waals surface area (Å²) in [5.74, 6) is -6.05. The predicted molar refractivity (Wildman–Crippen MR) is 429 cm³/mol. The highest BCUT2D eigenvalue weighted by Gasteiger charge is 2.31. The number of rotatable bonds is 19. The third-order valence-corrected chi connectivity index (χ3v) is 26.6. The molecule has 536 valence electrons. The van der Waals surface area contributed by atoms with Crippen molar-refractivity contribution in [3.05, 3.63) is 257 Å². The van der Waals surface area contributed by atoms with Crippen LogP contribution in [0, 0.1) is 13.8 Å². The second-order valence-corrected chi connectivity index (χ2v) is 33.9. The average molecular weight is 1650 g/mol. The average Bonchev–Trinajstić information content (AvgIpc) is 1.68. The van der Waals surface area contributed by atoms with Gasteiger partial charge >= 0.3 is 23.9 Å². The van der Waals surface area contributed by atoms with Crippen molar-refractivity contribution in [2.75, 3.05) is 21.3 Å². The molecule has 0 atom stereocenters. The zero-order valence-corrected chi connectivity index (χ0v) is 65.1. The largest absolute Gasteiger partial charge is 0.478 e. The van der Waals surface area contributed by atoms with Crippen LogP contribution in [-0.2, 0) is 14.6 Å². The van der Waals surface area contributed by atoms with E-state index >= 15 is 0 Å². The molecule has 8 aromatic heterocycles. The molecule has 4 amide bonds. The Hall–Kier alpha value is -9.17. The lowest BCUT2D eigenvalue weighted by Crippen LogP contribution is -2.15. The van der Waals surface area contributed by atoms with Gasteiger partial charge in [0, 0.05) is 74.9 Å². The van der Waals surface area contributed by atoms with Gasteiger partial charge in [0.2, 0.25) is 0 Å². The number of thiophene rings is 8. The van der Waals surface area contributed by atoms with Crippen LogP contribution in [0.5, 0.6) is 0 Å². The minimum absolute atomic E-state index is 0.0116. The molecule has 0 saturated heterocycles. The Labute approximate surface area is 652 Å². The van der Waals surface area contributed by atoms with Crippen LogP contribution in [0.2, 0.25) is 20.1 Å². The monoisotopic (exact) mass is 1650 g/mol. The van der Waals surface area contributed by atoms with Gasteiger partial charge in [-0.25, -0.2) is 27.6 Å². The van der Waals surface area contributed by atoms with Gasteiger partial charge in [-0.15, -0.1) is 79.4 Å². The van der Waals surface area contributed by atoms with Gasteiger partial charge in [-0.05, 0) is 116 Å². The first-order chi connectivity index (χ1) is 50.1. The van der Waals surface area contributed by atoms with Crippen molar-refractivity contribution >= 4 is 214 Å². The molecule has 1 aliphatic carbocycles. The van der Waals surface area contributed by atoms with Crippen molar-refractivity contribution in [3.8, 4) is 54.3 Å². The second kappa shape index (κ2) is 34.8. The maximum atomic E-state index is 12.7. The number of nitrogens with one attached hydrogen (secondary N) is 4. The highest BCUT2D eigenvalue weighted by atomic mass is 35.5. The molecule has 0 radical (unpaired) electrons. The molecule has 0 spiro atoms. The molecule has 1 aliphatic rings. The Kier molecular flexibility index (Phi) is 26.0. The Balaban J connectivity index is 0.000000151. The molecule has 0 unspecified atom stereocenters. The maximum absolute atomic E-state index is 12.7. The number of aromatic carboxylic acids is 4. The van der Waals surface area contributed by atoms with Crippen molar-refractivity contribution < 1.29 is 67.2 Å². The number of benzene rings is 4. The van der Waals surface area contributed by atoms with Crippen molar-refractivity contribution in [1.82, 2.24) is 0 Å². The van der Waals surface area contributed by atoms with E-state index < -0.39 is 44.9 Å². The molecule has 13 rings (SSSR count). The minimum atomic E-state index is -3.64. The number of amides is 4. The number of carboxylic acids is 4. The number of sulfone groups is 1. The number of halogens is 4. The molecular weight excluding hydrogens is 1600 g/mol. The molecule has 12 aromatic rings. The van der Waals surface area contributed by atoms with Gasteiger partial charge in [0.1, 0.15) is 47.1 Å². The van der Waals surface area contributed by atoms with Crippen LogP contribution in [0.4, 0.5) is 20.0 Å². The normalized spacial score (nSPS) is 11.5. The number of allylic oxidation sites excluding steroid dienone is 2. The lowest BCUT2D eigenvalue weighted by atomic mass is 10.0. The van der Waals surface area contributed by atoms with Crippen LogP contribution < -0.4 is 21.3 Å². The zero-order chi connectivity index (χ0) is 75.6. The van der Waals surface area contributed by atoms with Crippen LogP contribution in [-0.4, -0.2) is 81.6 Å². The van der Waals surface area contributed by atoms with E-state index in [-0.39, 0.29) is 64.8 Å². The molecule has 18 nitrogen and oxygen atoms in total. The summed E-state index contributed by atoms with van der Waals surface area (Å²) >= 11 is 33.9. The SMILES string of the molecule is Cc1ccc(-c2csc(NC(=O)c3ccc(-c4cccs4)s3)c2C(=O)O)cc1.Cc1ccc(-c2csc(NC(=O)c3scc(S(=O)(=O)C(C)C)c3Cl)c2C(=O)O)cc1.O=C(Nc1scc(-c2ccc(Cl)c(Cl)c2)c1C(=O)O)C1=CCC=C1.O=C(Nc1scc(-c2ccc(Cl)cc2)c1C(=O)O)c1ccsc1. The van der Waals surface area contributed by atoms with Crippen molar-refractivity contribution in [2.45, 2.75) is 44.3 Å². The summed E-state index contributed by atoms with van der Waals surface area (Å²) in [4.78, 5) is 99.4. The van der Waals surface area contributed by atoms with Crippen LogP contribution in [0.25, 0.3) is 54.3 Å². The topological polar surface area (TPSA) is 300 Å². The first-order valence-corrected chi connectivity index (χ1v) is 40.7. The van der Waals surface area contributed by atoms with Gasteiger partial charge in [-0.1, -0.05) is 149 Å². The molecular formula is C74H54Cl4N4O14S9. The van der Waals surface area contributed by atoms with Crippen LogP contribution in [0.1, 0.15) is 103 Å². The first kappa shape index (κ1) is 78.4. The fourth-order valence-electron chi connectivity index (χ4n) is 9.89. The minimum Gasteiger partial charge on any atom is -0.478 e. The summed E-state index contributed by atoms with van der Waals surface area (Å²) in [6.45, 7) is 6.97. The third kappa shape index (κ3) is 18.7. The number of carbonyl (C=O) groups is 8. The van der Waals surface area contributed by atoms with E-state index in [0.29, 0.717) is 80.9 Å². The molecule has 8 N–H and O–H groups in total. The molecule has 4 aromatic carbocycles. The number of anilines is 4. The Morgan fingerprint density at radius 2 is 0.933 bits per heavy atom. The highest BCUT2D eigenvalue weighted by Crippen LogP contribution is 2.43. The summed E-state index contributed by atoms with van der Waals surface area (Å²) in [7, 11) is -3.64. The van der Waals surface area contributed by atoms with Crippen molar-refractivity contribution in [3.63, 3.8) is 0 Å². The molecule has 31 heteroatoms. The summed E-state index contributed by atoms with van der Waals surface area (Å²) < 4.78 is 24.8. The number of carboxylic acid groups (broad SMARTS) is 4. The van der Waals surface area contributed by atoms with Crippen LogP contribution in [0.3, 0.4) is 0 Å². The second-order valence-electron chi connectivity index (χ2n) is 22.6. The van der Waals surface area contributed by atoms with Gasteiger partial charge in [-0.3, -0.25) is 19.2 Å². The van der Waals surface area contributed by atoms with Crippen LogP contribution >= 0.6 is 137 Å². The standard InChI is InChI=1S/C21H15NO3S3.C20H18ClNO5S3.C17H11Cl2NO3S.C16H10ClNO3S2/c1-12-4-6-13(7-5-12)14-11-27-20(18(14)21(24)25)22-19(23)17-9-8-16(28-17)15-3-2-10-26-15;1-10(2)30(26,27)14-9-28-17(16(14)21)18(23)22-19-15(20(24)25)13(8-29-19)12-6-4-11(3)5-7-12;18-12-6-5-10(7-13(12)19)11-8-24-16(14(11)17(22)23)20-15(21)9-3-1-2-4-9;17-11-3-1-9(2-4-11)12-8-23-15(13(12)16(20)21)18-14(19)10-5-6-22-7-10/h2-11H,1H3,(H,22,23)(H,24,25);4-10H,1-3H3,(H,22,23)(H,24,25);1,3-8H,2H2,(H,20,21)(H,22,23);1-8H,(H,18,19)(H,20,21). The third-order valence-electron chi connectivity index (χ3n) is 15.3. The molecule has 0 saturated carbocycles. The highest BCUT2D eigenvalue weighted by molar-refractivity contribution is 7.92. The molecule has 8 heterocycles. The Morgan fingerprint density at radius 3 is 1.37 bits per heavy atom. The van der Waals surface area contributed by atoms with Crippen molar-refractivity contribution in [1.29, 1.82) is 0 Å². The summed E-state index contributed by atoms with van der Waals surface area (Å²) in [5.41, 5.74) is 8.42. The quantitative estimate of drug-likeness (QED) is 0.0373. The van der Waals surface area contributed by atoms with E-state index in [9.17, 15) is 67.2 Å². The summed E-state index contributed by atoms with van der Waals surface area (Å²) in [6.07, 6.45) is 6.06. The smallest absolute Gasteiger partial charge is 0.339 e. The number of carbonyl (C=O) groups excluding carboxylic acids is 4. The fraction of sp³-hybridized carbons (Fsp3) is 0.0811. The van der Waals surface area contributed by atoms with Gasteiger partial charge in [-0.2, -0.15) is 11.3 Å². The number of hydrogen-bond acceptors (Lipinski definition) is 18. The Morgan fingerprint density at radius 1 is 0.467 bits per heavy atom. The first-order valence-electron chi connectivity index (χ1n) is 30.6. The molecule has 0 bridgehead atoms. The zero-order valence-electron chi connectivity index (χ0n) is 54.7. The fourth-order valence-corrected chi connectivity index (χ4v) is 19.5. The molecule has 105 heavy (non-hydrogen) atoms. The van der Waals surface area contributed by atoms with Gasteiger partial charge in [0.05, 0.1) is 35.7 Å². The number of aryl methyl sites for hydroxylation is 2. The maximum Gasteiger partial charge on any atom is 0.339 e. The van der Waals surface area contributed by atoms with Crippen LogP contribution in [0.15, 0.2) is 193 Å². The van der Waals surface area contributed by atoms with E-state index in [4.69, 9.17) is 46.4 Å². The predicted octanol–water partition coefficient (Wildman–Crippen LogP) is 22.4. The lowest BCUT2D eigenvalue weighted by molar-refractivity contribution is -0.112. The summed E-state index contributed by atoms with van der Waals surface area (Å²) in [6, 6.07) is 36.2. The van der Waals surface area contributed by atoms with E-state index in [2.05, 4.69) is 21.3 Å². The van der Waals surface area contributed by atoms with E-state index in [1.165, 1.54) is 64.6 Å². The lowest BCUT2D eigenvalue weighted by Gasteiger charge is -2.07. The van der Waals surface area contributed by atoms with Crippen molar-refractivity contribution in [2.24, 2.45) is 0 Å². The molecule has 0 aliphatic heterocycles. The van der Waals surface area contributed by atoms with E-state index in [1.807, 2.05) is 92.0 Å². The van der Waals surface area contributed by atoms with Gasteiger partial charge < -0.3 is 41.7 Å². The summed E-state index contributed by atoms with van der Waals surface area (Å²) in [5, 5.41) is 64.5. The Bertz CT molecular complexity index is 5450. The van der Waals surface area contributed by atoms with Gasteiger partial charge in [0.25, 0.3) is 23.6 Å². The van der Waals surface area contributed by atoms with E-state index in [0.717, 1.165) is 66.0 Å². The van der Waals surface area contributed by atoms with Gasteiger partial charge in [0.15, 0.2) is 9.84 Å². The number of hydrogen-bond donors (Lipinski definition) is 8. The molecule has 0 fully saturated rings.